The van der Waals surface area contributed by atoms with Gasteiger partial charge in [-0.15, -0.1) is 0 Å². The molecule has 0 spiro atoms. The lowest BCUT2D eigenvalue weighted by Crippen LogP contribution is -2.31. The molecule has 2 unspecified atom stereocenters. The van der Waals surface area contributed by atoms with E-state index in [1.54, 1.807) is 0 Å². The van der Waals surface area contributed by atoms with Crippen molar-refractivity contribution < 1.29 is 0 Å². The molecule has 80 valence electrons. The van der Waals surface area contributed by atoms with Crippen molar-refractivity contribution in [3.8, 4) is 0 Å². The molecule has 0 radical (unpaired) electrons. The molecule has 2 heteroatoms. The molecule has 0 aromatic carbocycles. The molecule has 0 aliphatic heterocycles. The first-order valence-corrected chi connectivity index (χ1v) is 5.53. The molecule has 0 aromatic heterocycles. The average Bonchev–Trinajstić information content (AvgIpc) is 2.02. The van der Waals surface area contributed by atoms with Gasteiger partial charge in [-0.3, -0.25) is 0 Å². The van der Waals surface area contributed by atoms with E-state index in [0.29, 0.717) is 12.1 Å². The second kappa shape index (κ2) is 7.34. The van der Waals surface area contributed by atoms with Crippen LogP contribution in [0.2, 0.25) is 0 Å². The predicted molar refractivity (Wildman–Crippen MR) is 59.8 cm³/mol. The number of rotatable bonds is 7. The topological polar surface area (TPSA) is 38.0 Å². The van der Waals surface area contributed by atoms with E-state index in [1.165, 1.54) is 12.8 Å². The lowest BCUT2D eigenvalue weighted by atomic mass is 10.1. The molecule has 0 heterocycles. The minimum atomic E-state index is 0.363. The monoisotopic (exact) mass is 186 g/mol. The van der Waals surface area contributed by atoms with Crippen molar-refractivity contribution in [2.75, 3.05) is 6.54 Å². The van der Waals surface area contributed by atoms with Crippen LogP contribution >= 0.6 is 0 Å². The highest BCUT2D eigenvalue weighted by Gasteiger charge is 2.04. The number of nitrogens with one attached hydrogen (secondary N) is 1. The molecule has 0 rings (SSSR count). The third kappa shape index (κ3) is 8.26. The average molecular weight is 186 g/mol. The summed E-state index contributed by atoms with van der Waals surface area (Å²) in [7, 11) is 0. The Morgan fingerprint density at radius 1 is 1.08 bits per heavy atom. The van der Waals surface area contributed by atoms with Gasteiger partial charge < -0.3 is 11.1 Å². The molecule has 0 saturated carbocycles. The summed E-state index contributed by atoms with van der Waals surface area (Å²) in [5, 5.41) is 3.51. The zero-order chi connectivity index (χ0) is 10.3. The summed E-state index contributed by atoms with van der Waals surface area (Å²) in [5.74, 6) is 0.730. The van der Waals surface area contributed by atoms with Crippen LogP contribution in [0, 0.1) is 5.92 Å². The minimum Gasteiger partial charge on any atom is -0.328 e. The van der Waals surface area contributed by atoms with E-state index < -0.39 is 0 Å². The molecule has 0 bridgehead atoms. The van der Waals surface area contributed by atoms with Crippen LogP contribution in [-0.2, 0) is 0 Å². The lowest BCUT2D eigenvalue weighted by molar-refractivity contribution is 0.418. The second-order valence-corrected chi connectivity index (χ2v) is 4.46. The number of hydrogen-bond acceptors (Lipinski definition) is 2. The molecule has 13 heavy (non-hydrogen) atoms. The third-order valence-corrected chi connectivity index (χ3v) is 2.55. The van der Waals surface area contributed by atoms with Gasteiger partial charge in [0, 0.05) is 12.1 Å². The molecule has 0 fully saturated rings. The summed E-state index contributed by atoms with van der Waals surface area (Å²) < 4.78 is 0. The summed E-state index contributed by atoms with van der Waals surface area (Å²) in [6, 6.07) is 0.998. The van der Waals surface area contributed by atoms with Crippen LogP contribution in [0.3, 0.4) is 0 Å². The smallest absolute Gasteiger partial charge is 0.00617 e. The molecule has 0 amide bonds. The van der Waals surface area contributed by atoms with E-state index >= 15 is 0 Å². The molecule has 0 saturated heterocycles. The van der Waals surface area contributed by atoms with Crippen LogP contribution in [0.5, 0.6) is 0 Å². The van der Waals surface area contributed by atoms with Crippen LogP contribution in [0.1, 0.15) is 47.0 Å². The highest BCUT2D eigenvalue weighted by molar-refractivity contribution is 4.64. The second-order valence-electron chi connectivity index (χ2n) is 4.46. The van der Waals surface area contributed by atoms with Gasteiger partial charge in [-0.05, 0) is 39.2 Å². The highest BCUT2D eigenvalue weighted by Crippen LogP contribution is 2.01. The van der Waals surface area contributed by atoms with Gasteiger partial charge in [0.2, 0.25) is 0 Å². The SMILES string of the molecule is CC(N)CCCCNC(C)C(C)C. The Morgan fingerprint density at radius 2 is 1.69 bits per heavy atom. The Hall–Kier alpha value is -0.0800. The first-order valence-electron chi connectivity index (χ1n) is 5.53. The number of nitrogens with two attached hydrogens (primary N) is 1. The lowest BCUT2D eigenvalue weighted by Gasteiger charge is -2.17. The first kappa shape index (κ1) is 12.9. The first-order chi connectivity index (χ1) is 6.04. The fourth-order valence-electron chi connectivity index (χ4n) is 1.16. The van der Waals surface area contributed by atoms with Crippen LogP contribution < -0.4 is 11.1 Å². The fourth-order valence-corrected chi connectivity index (χ4v) is 1.16. The summed E-state index contributed by atoms with van der Waals surface area (Å²) >= 11 is 0. The van der Waals surface area contributed by atoms with Crippen molar-refractivity contribution in [2.45, 2.75) is 59.0 Å². The molecule has 3 N–H and O–H groups in total. The van der Waals surface area contributed by atoms with Gasteiger partial charge in [0.05, 0.1) is 0 Å². The Bertz CT molecular complexity index is 111. The van der Waals surface area contributed by atoms with Crippen LogP contribution in [0.4, 0.5) is 0 Å². The van der Waals surface area contributed by atoms with Gasteiger partial charge in [-0.2, -0.15) is 0 Å². The van der Waals surface area contributed by atoms with Crippen molar-refractivity contribution in [2.24, 2.45) is 11.7 Å². The normalized spacial score (nSPS) is 16.2. The summed E-state index contributed by atoms with van der Waals surface area (Å²) in [4.78, 5) is 0. The van der Waals surface area contributed by atoms with Crippen molar-refractivity contribution in [1.82, 2.24) is 5.32 Å². The summed E-state index contributed by atoms with van der Waals surface area (Å²) in [5.41, 5.74) is 5.66. The Labute approximate surface area is 83.3 Å². The number of unbranched alkanes of at least 4 members (excludes halogenated alkanes) is 1. The molecule has 0 aromatic rings. The standard InChI is InChI=1S/C11H26N2/c1-9(2)11(4)13-8-6-5-7-10(3)12/h9-11,13H,5-8,12H2,1-4H3. The fraction of sp³-hybridized carbons (Fsp3) is 1.00. The quantitative estimate of drug-likeness (QED) is 0.598. The van der Waals surface area contributed by atoms with Gasteiger partial charge in [-0.1, -0.05) is 20.3 Å². The van der Waals surface area contributed by atoms with Crippen LogP contribution in [0.15, 0.2) is 0 Å². The van der Waals surface area contributed by atoms with E-state index in [-0.39, 0.29) is 0 Å². The predicted octanol–water partition coefficient (Wildman–Crippen LogP) is 2.14. The zero-order valence-corrected chi connectivity index (χ0v) is 9.64. The maximum absolute atomic E-state index is 5.66. The van der Waals surface area contributed by atoms with Crippen molar-refractivity contribution in [3.05, 3.63) is 0 Å². The summed E-state index contributed by atoms with van der Waals surface area (Å²) in [6.45, 7) is 9.95. The van der Waals surface area contributed by atoms with Gasteiger partial charge in [0.1, 0.15) is 0 Å². The molecular weight excluding hydrogens is 160 g/mol. The zero-order valence-electron chi connectivity index (χ0n) is 9.64. The molecular formula is C11H26N2. The van der Waals surface area contributed by atoms with Crippen LogP contribution in [0.25, 0.3) is 0 Å². The van der Waals surface area contributed by atoms with E-state index in [4.69, 9.17) is 5.73 Å². The number of hydrogen-bond donors (Lipinski definition) is 2. The third-order valence-electron chi connectivity index (χ3n) is 2.55. The Morgan fingerprint density at radius 3 is 2.15 bits per heavy atom. The highest BCUT2D eigenvalue weighted by atomic mass is 14.9. The van der Waals surface area contributed by atoms with E-state index in [9.17, 15) is 0 Å². The van der Waals surface area contributed by atoms with Gasteiger partial charge in [-0.25, -0.2) is 0 Å². The maximum Gasteiger partial charge on any atom is 0.00617 e. The van der Waals surface area contributed by atoms with Gasteiger partial charge >= 0.3 is 0 Å². The van der Waals surface area contributed by atoms with E-state index in [1.807, 2.05) is 0 Å². The molecule has 0 aliphatic carbocycles. The molecule has 0 aliphatic rings. The van der Waals surface area contributed by atoms with Gasteiger partial charge in [0.25, 0.3) is 0 Å². The summed E-state index contributed by atoms with van der Waals surface area (Å²) in [6.07, 6.45) is 3.64. The van der Waals surface area contributed by atoms with Crippen molar-refractivity contribution in [1.29, 1.82) is 0 Å². The van der Waals surface area contributed by atoms with Crippen molar-refractivity contribution in [3.63, 3.8) is 0 Å². The minimum absolute atomic E-state index is 0.363. The maximum atomic E-state index is 5.66. The molecule has 2 atom stereocenters. The van der Waals surface area contributed by atoms with E-state index in [0.717, 1.165) is 18.9 Å². The van der Waals surface area contributed by atoms with E-state index in [2.05, 4.69) is 33.0 Å². The largest absolute Gasteiger partial charge is 0.328 e. The van der Waals surface area contributed by atoms with Crippen LogP contribution in [-0.4, -0.2) is 18.6 Å². The Balaban J connectivity index is 3.16. The molecule has 2 nitrogen and oxygen atoms in total. The van der Waals surface area contributed by atoms with Gasteiger partial charge in [0.15, 0.2) is 0 Å². The van der Waals surface area contributed by atoms with Crippen molar-refractivity contribution >= 4 is 0 Å². The Kier molecular flexibility index (Phi) is 7.29.